The van der Waals surface area contributed by atoms with Gasteiger partial charge in [-0.25, -0.2) is 4.98 Å². The third kappa shape index (κ3) is 1.97. The van der Waals surface area contributed by atoms with E-state index in [1.807, 2.05) is 0 Å². The molecule has 66 valence electrons. The second-order valence-corrected chi connectivity index (χ2v) is 2.66. The molecule has 0 aliphatic heterocycles. The number of hydrogen-bond acceptors (Lipinski definition) is 1. The normalized spacial score (nSPS) is 18.8. The Morgan fingerprint density at radius 1 is 1.58 bits per heavy atom. The van der Waals surface area contributed by atoms with Gasteiger partial charge in [-0.3, -0.25) is 0 Å². The molecule has 0 atom stereocenters. The molecule has 0 saturated heterocycles. The molecule has 0 saturated carbocycles. The van der Waals surface area contributed by atoms with E-state index >= 15 is 0 Å². The van der Waals surface area contributed by atoms with E-state index in [0.717, 1.165) is 0 Å². The highest BCUT2D eigenvalue weighted by Gasteiger charge is 2.32. The van der Waals surface area contributed by atoms with Crippen molar-refractivity contribution in [2.75, 3.05) is 0 Å². The third-order valence-corrected chi connectivity index (χ3v) is 1.56. The molecule has 1 aromatic heterocycles. The van der Waals surface area contributed by atoms with Crippen molar-refractivity contribution in [2.24, 2.45) is 0 Å². The molecule has 0 unspecified atom stereocenters. The van der Waals surface area contributed by atoms with Gasteiger partial charge >= 0.3 is 6.18 Å². The van der Waals surface area contributed by atoms with Gasteiger partial charge in [0.1, 0.15) is 5.69 Å². The highest BCUT2D eigenvalue weighted by atomic mass is 79.9. The summed E-state index contributed by atoms with van der Waals surface area (Å²) in [6.45, 7) is -2.89. The van der Waals surface area contributed by atoms with Gasteiger partial charge in [0.15, 0.2) is 0 Å². The molecular formula is C7H5BrF3N. The molecule has 0 aliphatic carbocycles. The summed E-state index contributed by atoms with van der Waals surface area (Å²) in [6.07, 6.45) is -4.96. The summed E-state index contributed by atoms with van der Waals surface area (Å²) in [5, 5.41) is 0. The zero-order valence-electron chi connectivity index (χ0n) is 10.5. The molecule has 0 amide bonds. The summed E-state index contributed by atoms with van der Waals surface area (Å²) in [5.41, 5.74) is -2.54. The van der Waals surface area contributed by atoms with Gasteiger partial charge in [0, 0.05) is 8.58 Å². The van der Waals surface area contributed by atoms with Crippen LogP contribution >= 0.6 is 15.9 Å². The molecule has 0 aliphatic rings. The molecular weight excluding hydrogens is 235 g/mol. The minimum Gasteiger partial charge on any atom is -0.247 e. The Kier molecular flexibility index (Phi) is 1.17. The van der Waals surface area contributed by atoms with Crippen LogP contribution in [0.1, 0.15) is 18.2 Å². The van der Waals surface area contributed by atoms with Gasteiger partial charge in [0.05, 0.1) is 8.44 Å². The Labute approximate surface area is 82.8 Å². The van der Waals surface area contributed by atoms with Crippen LogP contribution in [0.15, 0.2) is 16.6 Å². The van der Waals surface area contributed by atoms with Crippen molar-refractivity contribution >= 4 is 15.9 Å². The largest absolute Gasteiger partial charge is 0.433 e. The Balaban J connectivity index is 3.63. The predicted molar refractivity (Wildman–Crippen MR) is 41.7 cm³/mol. The lowest BCUT2D eigenvalue weighted by atomic mass is 10.3. The predicted octanol–water partition coefficient (Wildman–Crippen LogP) is 3.17. The first-order valence-corrected chi connectivity index (χ1v) is 3.50. The maximum absolute atomic E-state index is 12.5. The van der Waals surface area contributed by atoms with Gasteiger partial charge in [-0.15, -0.1) is 0 Å². The van der Waals surface area contributed by atoms with E-state index < -0.39 is 41.0 Å². The van der Waals surface area contributed by atoms with E-state index in [2.05, 4.69) is 20.9 Å². The lowest BCUT2D eigenvalue weighted by molar-refractivity contribution is -0.141. The van der Waals surface area contributed by atoms with Crippen LogP contribution in [-0.4, -0.2) is 4.98 Å². The standard InChI is InChI=1S/C7H5BrF3N/c1-4-5(8)2-3-6(12-4)7(9,10)11/h2-3H,1H3/i1D3,2D,3D. The molecule has 5 heteroatoms. The first-order chi connectivity index (χ1) is 7.46. The van der Waals surface area contributed by atoms with Gasteiger partial charge in [-0.1, -0.05) is 0 Å². The minimum absolute atomic E-state index is 0.421. The van der Waals surface area contributed by atoms with Gasteiger partial charge in [0.2, 0.25) is 0 Å². The first kappa shape index (κ1) is 4.60. The lowest BCUT2D eigenvalue weighted by Gasteiger charge is -2.06. The number of pyridine rings is 1. The van der Waals surface area contributed by atoms with E-state index in [0.29, 0.717) is 0 Å². The van der Waals surface area contributed by atoms with E-state index in [4.69, 9.17) is 6.85 Å². The van der Waals surface area contributed by atoms with E-state index in [1.165, 1.54) is 0 Å². The highest BCUT2D eigenvalue weighted by molar-refractivity contribution is 9.10. The summed E-state index contributed by atoms with van der Waals surface area (Å²) in [4.78, 5) is 2.93. The fourth-order valence-electron chi connectivity index (χ4n) is 0.496. The van der Waals surface area contributed by atoms with Gasteiger partial charge in [-0.05, 0) is 34.9 Å². The molecule has 0 N–H and O–H groups in total. The van der Waals surface area contributed by atoms with Crippen LogP contribution < -0.4 is 0 Å². The molecule has 0 fully saturated rings. The van der Waals surface area contributed by atoms with Crippen LogP contribution in [0.2, 0.25) is 0 Å². The zero-order chi connectivity index (χ0) is 13.6. The Bertz CT molecular complexity index is 418. The molecule has 0 aromatic carbocycles. The third-order valence-electron chi connectivity index (χ3n) is 0.991. The number of rotatable bonds is 0. The van der Waals surface area contributed by atoms with Crippen molar-refractivity contribution in [3.05, 3.63) is 27.9 Å². The molecule has 1 aromatic rings. The number of nitrogens with zero attached hydrogens (tertiary/aromatic N) is 1. The van der Waals surface area contributed by atoms with Gasteiger partial charge in [0.25, 0.3) is 0 Å². The Morgan fingerprint density at radius 3 is 2.75 bits per heavy atom. The van der Waals surface area contributed by atoms with Gasteiger partial charge < -0.3 is 0 Å². The maximum Gasteiger partial charge on any atom is 0.433 e. The summed E-state index contributed by atoms with van der Waals surface area (Å²) < 4.78 is 72.4. The van der Waals surface area contributed by atoms with Crippen molar-refractivity contribution in [2.45, 2.75) is 13.0 Å². The molecule has 0 bridgehead atoms. The highest BCUT2D eigenvalue weighted by Crippen LogP contribution is 2.28. The van der Waals surface area contributed by atoms with E-state index in [1.54, 1.807) is 0 Å². The SMILES string of the molecule is [2H]c1c(C(F)(F)F)nc(C([2H])([2H])[2H])c(Br)c1[2H]. The van der Waals surface area contributed by atoms with Crippen LogP contribution in [0.3, 0.4) is 0 Å². The quantitative estimate of drug-likeness (QED) is 0.684. The summed E-state index contributed by atoms with van der Waals surface area (Å²) in [5.74, 6) is 0. The molecule has 0 radical (unpaired) electrons. The van der Waals surface area contributed by atoms with Gasteiger partial charge in [-0.2, -0.15) is 13.2 Å². The number of halogens is 4. The maximum atomic E-state index is 12.5. The second kappa shape index (κ2) is 3.05. The van der Waals surface area contributed by atoms with Crippen molar-refractivity contribution < 1.29 is 20.0 Å². The van der Waals surface area contributed by atoms with Crippen molar-refractivity contribution in [3.8, 4) is 0 Å². The van der Waals surface area contributed by atoms with Crippen LogP contribution in [0.5, 0.6) is 0 Å². The lowest BCUT2D eigenvalue weighted by Crippen LogP contribution is -2.08. The number of alkyl halides is 3. The van der Waals surface area contributed by atoms with Crippen molar-refractivity contribution in [1.82, 2.24) is 4.98 Å². The Morgan fingerprint density at radius 2 is 2.25 bits per heavy atom. The summed E-state index contributed by atoms with van der Waals surface area (Å²) in [7, 11) is 0. The number of aromatic nitrogens is 1. The monoisotopic (exact) mass is 244 g/mol. The topological polar surface area (TPSA) is 12.9 Å². The van der Waals surface area contributed by atoms with Crippen molar-refractivity contribution in [1.29, 1.82) is 0 Å². The van der Waals surface area contributed by atoms with E-state index in [9.17, 15) is 13.2 Å². The van der Waals surface area contributed by atoms with E-state index in [-0.39, 0.29) is 0 Å². The second-order valence-electron chi connectivity index (χ2n) is 1.87. The molecule has 1 nitrogen and oxygen atoms in total. The average molecular weight is 245 g/mol. The number of aryl methyl sites for hydroxylation is 1. The molecule has 12 heavy (non-hydrogen) atoms. The summed E-state index contributed by atoms with van der Waals surface area (Å²) >= 11 is 2.67. The fourth-order valence-corrected chi connectivity index (χ4v) is 0.684. The average Bonchev–Trinajstić information content (AvgIpc) is 2.10. The zero-order valence-corrected chi connectivity index (χ0v) is 7.05. The fraction of sp³-hybridized carbons (Fsp3) is 0.286. The molecule has 0 spiro atoms. The molecule has 1 heterocycles. The van der Waals surface area contributed by atoms with Crippen LogP contribution in [0.4, 0.5) is 13.2 Å². The molecule has 1 rings (SSSR count). The van der Waals surface area contributed by atoms with Crippen LogP contribution in [0.25, 0.3) is 0 Å². The Hall–Kier alpha value is -0.580. The summed E-state index contributed by atoms with van der Waals surface area (Å²) in [6, 6.07) is -2.00. The minimum atomic E-state index is -4.96. The smallest absolute Gasteiger partial charge is 0.247 e. The van der Waals surface area contributed by atoms with Crippen LogP contribution in [-0.2, 0) is 6.18 Å². The number of hydrogen-bond donors (Lipinski definition) is 0. The van der Waals surface area contributed by atoms with Crippen LogP contribution in [0, 0.1) is 6.85 Å². The first-order valence-electron chi connectivity index (χ1n) is 5.20. The van der Waals surface area contributed by atoms with Crippen molar-refractivity contribution in [3.63, 3.8) is 0 Å².